The molecule has 1 aliphatic heterocycles. The number of rotatable bonds is 3. The summed E-state index contributed by atoms with van der Waals surface area (Å²) in [6.07, 6.45) is 0. The highest BCUT2D eigenvalue weighted by Crippen LogP contribution is 1.92. The second-order valence-electron chi connectivity index (χ2n) is 2.21. The van der Waals surface area contributed by atoms with Crippen LogP contribution >= 0.6 is 0 Å². The molecule has 60 valence electrons. The molecule has 0 unspecified atom stereocenters. The Bertz CT molecular complexity index is 83.8. The van der Waals surface area contributed by atoms with Crippen LogP contribution in [0.25, 0.3) is 0 Å². The molecule has 4 heteroatoms. The molecule has 0 saturated carbocycles. The fraction of sp³-hybridized carbons (Fsp3) is 1.00. The number of nitrogens with one attached hydrogen (secondary N) is 1. The van der Waals surface area contributed by atoms with Gasteiger partial charge in [-0.25, -0.2) is 0 Å². The monoisotopic (exact) mass is 146 g/mol. The molecule has 10 heavy (non-hydrogen) atoms. The van der Waals surface area contributed by atoms with E-state index >= 15 is 0 Å². The number of methoxy groups -OCH3 is 1. The first-order valence-electron chi connectivity index (χ1n) is 3.51. The molecule has 0 aliphatic carbocycles. The van der Waals surface area contributed by atoms with Crippen LogP contribution in [0.15, 0.2) is 0 Å². The van der Waals surface area contributed by atoms with E-state index < -0.39 is 0 Å². The first-order valence-corrected chi connectivity index (χ1v) is 3.51. The maximum atomic E-state index is 5.20. The van der Waals surface area contributed by atoms with Crippen molar-refractivity contribution in [1.29, 1.82) is 0 Å². The van der Waals surface area contributed by atoms with Crippen LogP contribution in [0.3, 0.4) is 0 Å². The molecule has 1 fully saturated rings. The third-order valence-corrected chi connectivity index (χ3v) is 1.43. The first-order chi connectivity index (χ1) is 4.93. The van der Waals surface area contributed by atoms with Crippen LogP contribution < -0.4 is 5.32 Å². The fourth-order valence-electron chi connectivity index (χ4n) is 0.901. The molecule has 0 radical (unpaired) electrons. The lowest BCUT2D eigenvalue weighted by molar-refractivity contribution is -0.220. The lowest BCUT2D eigenvalue weighted by Crippen LogP contribution is -2.43. The minimum absolute atomic E-state index is 0.361. The van der Waals surface area contributed by atoms with Gasteiger partial charge in [0.05, 0.1) is 0 Å². The molecule has 0 aromatic rings. The summed E-state index contributed by atoms with van der Waals surface area (Å²) >= 11 is 0. The zero-order valence-corrected chi connectivity index (χ0v) is 6.30. The minimum Gasteiger partial charge on any atom is -0.357 e. The Labute approximate surface area is 61.0 Å². The van der Waals surface area contributed by atoms with Crippen molar-refractivity contribution in [2.75, 3.05) is 40.1 Å². The fourth-order valence-corrected chi connectivity index (χ4v) is 0.901. The molecule has 0 aromatic carbocycles. The number of ether oxygens (including phenoxy) is 1. The molecule has 1 N–H and O–H groups in total. The van der Waals surface area contributed by atoms with Crippen molar-refractivity contribution >= 4 is 0 Å². The highest BCUT2D eigenvalue weighted by molar-refractivity contribution is 4.59. The largest absolute Gasteiger partial charge is 0.357 e. The normalized spacial score (nSPS) is 21.3. The zero-order chi connectivity index (χ0) is 7.23. The van der Waals surface area contributed by atoms with Gasteiger partial charge in [0, 0.05) is 33.3 Å². The predicted molar refractivity (Wildman–Crippen MR) is 37.4 cm³/mol. The molecule has 0 aromatic heterocycles. The topological polar surface area (TPSA) is 33.7 Å². The van der Waals surface area contributed by atoms with Crippen LogP contribution in [-0.2, 0) is 9.57 Å². The third-order valence-electron chi connectivity index (χ3n) is 1.43. The smallest absolute Gasteiger partial charge is 0.166 e. The highest BCUT2D eigenvalue weighted by atomic mass is 16.8. The van der Waals surface area contributed by atoms with Gasteiger partial charge in [0.25, 0.3) is 0 Å². The van der Waals surface area contributed by atoms with Gasteiger partial charge in [0.2, 0.25) is 0 Å². The van der Waals surface area contributed by atoms with E-state index in [0.717, 1.165) is 26.2 Å². The second kappa shape index (κ2) is 4.62. The standard InChI is InChI=1S/C6H14N2O2/c1-9-6-10-8-4-2-7-3-5-8/h7H,2-6H2,1H3. The SMILES string of the molecule is COCON1CCNCC1. The maximum absolute atomic E-state index is 5.20. The van der Waals surface area contributed by atoms with E-state index in [1.807, 2.05) is 5.06 Å². The molecule has 1 saturated heterocycles. The van der Waals surface area contributed by atoms with Crippen molar-refractivity contribution in [2.45, 2.75) is 0 Å². The van der Waals surface area contributed by atoms with E-state index in [2.05, 4.69) is 5.32 Å². The Kier molecular flexibility index (Phi) is 3.67. The van der Waals surface area contributed by atoms with Crippen LogP contribution in [-0.4, -0.2) is 45.1 Å². The van der Waals surface area contributed by atoms with E-state index in [9.17, 15) is 0 Å². The average Bonchev–Trinajstić information content (AvgIpc) is 2.03. The summed E-state index contributed by atoms with van der Waals surface area (Å²) in [6, 6.07) is 0. The summed E-state index contributed by atoms with van der Waals surface area (Å²) in [5, 5.41) is 5.15. The number of hydrogen-bond donors (Lipinski definition) is 1. The van der Waals surface area contributed by atoms with Crippen LogP contribution in [0, 0.1) is 0 Å². The Hall–Kier alpha value is -0.160. The van der Waals surface area contributed by atoms with Crippen LogP contribution in [0.5, 0.6) is 0 Å². The Balaban J connectivity index is 2.02. The quantitative estimate of drug-likeness (QED) is 0.540. The lowest BCUT2D eigenvalue weighted by atomic mass is 10.4. The number of hydrogen-bond acceptors (Lipinski definition) is 4. The number of nitrogens with zero attached hydrogens (tertiary/aromatic N) is 1. The molecular weight excluding hydrogens is 132 g/mol. The van der Waals surface area contributed by atoms with Gasteiger partial charge >= 0.3 is 0 Å². The molecule has 0 atom stereocenters. The van der Waals surface area contributed by atoms with E-state index in [-0.39, 0.29) is 0 Å². The summed E-state index contributed by atoms with van der Waals surface area (Å²) in [6.45, 7) is 4.26. The first kappa shape index (κ1) is 7.94. The van der Waals surface area contributed by atoms with Gasteiger partial charge in [-0.2, -0.15) is 5.06 Å². The van der Waals surface area contributed by atoms with Crippen LogP contribution in [0.2, 0.25) is 0 Å². The van der Waals surface area contributed by atoms with Crippen molar-refractivity contribution in [2.24, 2.45) is 0 Å². The van der Waals surface area contributed by atoms with Crippen molar-refractivity contribution < 1.29 is 9.57 Å². The summed E-state index contributed by atoms with van der Waals surface area (Å²) < 4.78 is 4.76. The van der Waals surface area contributed by atoms with Crippen molar-refractivity contribution in [1.82, 2.24) is 10.4 Å². The van der Waals surface area contributed by atoms with Crippen molar-refractivity contribution in [3.8, 4) is 0 Å². The molecule has 1 heterocycles. The predicted octanol–water partition coefficient (Wildman–Crippen LogP) is -0.573. The van der Waals surface area contributed by atoms with Gasteiger partial charge < -0.3 is 10.1 Å². The van der Waals surface area contributed by atoms with E-state index in [4.69, 9.17) is 9.57 Å². The molecule has 1 rings (SSSR count). The van der Waals surface area contributed by atoms with Crippen LogP contribution in [0.4, 0.5) is 0 Å². The summed E-state index contributed by atoms with van der Waals surface area (Å²) in [5.41, 5.74) is 0. The number of hydroxylamine groups is 2. The lowest BCUT2D eigenvalue weighted by Gasteiger charge is -2.25. The van der Waals surface area contributed by atoms with Crippen molar-refractivity contribution in [3.05, 3.63) is 0 Å². The maximum Gasteiger partial charge on any atom is 0.166 e. The van der Waals surface area contributed by atoms with Gasteiger partial charge in [-0.3, -0.25) is 4.84 Å². The molecule has 0 bridgehead atoms. The summed E-state index contributed by atoms with van der Waals surface area (Å²) in [5.74, 6) is 0. The Morgan fingerprint density at radius 1 is 1.40 bits per heavy atom. The summed E-state index contributed by atoms with van der Waals surface area (Å²) in [7, 11) is 1.63. The molecule has 0 amide bonds. The molecule has 1 aliphatic rings. The van der Waals surface area contributed by atoms with E-state index in [0.29, 0.717) is 6.79 Å². The molecule has 0 spiro atoms. The van der Waals surface area contributed by atoms with Gasteiger partial charge in [-0.1, -0.05) is 0 Å². The Morgan fingerprint density at radius 3 is 2.70 bits per heavy atom. The van der Waals surface area contributed by atoms with Gasteiger partial charge in [0.1, 0.15) is 0 Å². The minimum atomic E-state index is 0.361. The zero-order valence-electron chi connectivity index (χ0n) is 6.30. The van der Waals surface area contributed by atoms with Gasteiger partial charge in [-0.05, 0) is 0 Å². The molecular formula is C6H14N2O2. The van der Waals surface area contributed by atoms with Crippen LogP contribution in [0.1, 0.15) is 0 Å². The average molecular weight is 146 g/mol. The second-order valence-corrected chi connectivity index (χ2v) is 2.21. The van der Waals surface area contributed by atoms with E-state index in [1.165, 1.54) is 0 Å². The van der Waals surface area contributed by atoms with Gasteiger partial charge in [0.15, 0.2) is 6.79 Å². The Morgan fingerprint density at radius 2 is 2.10 bits per heavy atom. The summed E-state index contributed by atoms with van der Waals surface area (Å²) in [4.78, 5) is 5.20. The number of piperazine rings is 1. The third kappa shape index (κ3) is 2.62. The molecule has 4 nitrogen and oxygen atoms in total. The van der Waals surface area contributed by atoms with E-state index in [1.54, 1.807) is 7.11 Å². The van der Waals surface area contributed by atoms with Crippen molar-refractivity contribution in [3.63, 3.8) is 0 Å². The highest BCUT2D eigenvalue weighted by Gasteiger charge is 2.08. The van der Waals surface area contributed by atoms with Gasteiger partial charge in [-0.15, -0.1) is 0 Å².